The number of hydrogen-bond acceptors (Lipinski definition) is 3. The van der Waals surface area contributed by atoms with Crippen molar-refractivity contribution < 1.29 is 4.79 Å². The molecule has 1 N–H and O–H groups in total. The largest absolute Gasteiger partial charge is 0.341 e. The number of piperidine rings is 1. The zero-order chi connectivity index (χ0) is 14.9. The van der Waals surface area contributed by atoms with Crippen molar-refractivity contribution in [1.82, 2.24) is 15.1 Å². The summed E-state index contributed by atoms with van der Waals surface area (Å²) >= 11 is 1.73. The van der Waals surface area contributed by atoms with Crippen molar-refractivity contribution in [2.24, 2.45) is 0 Å². The van der Waals surface area contributed by atoms with Crippen molar-refractivity contribution in [3.05, 3.63) is 47.8 Å². The highest BCUT2D eigenvalue weighted by Gasteiger charge is 2.34. The monoisotopic (exact) mass is 313 g/mol. The van der Waals surface area contributed by atoms with Gasteiger partial charge in [-0.25, -0.2) is 0 Å². The van der Waals surface area contributed by atoms with Gasteiger partial charge in [-0.15, -0.1) is 11.8 Å². The SMILES string of the molecule is O=C([C@@H]1Cc2ccccc2S1)N1CCC[C@@H](c2ccn[nH]2)C1. The van der Waals surface area contributed by atoms with Crippen LogP contribution < -0.4 is 0 Å². The molecule has 2 aromatic rings. The summed E-state index contributed by atoms with van der Waals surface area (Å²) in [6.45, 7) is 1.70. The first-order valence-corrected chi connectivity index (χ1v) is 8.72. The Labute approximate surface area is 134 Å². The Bertz CT molecular complexity index is 645. The third-order valence-corrected chi connectivity index (χ3v) is 5.92. The Morgan fingerprint density at radius 1 is 1.32 bits per heavy atom. The molecule has 0 saturated carbocycles. The topological polar surface area (TPSA) is 49.0 Å². The van der Waals surface area contributed by atoms with Crippen molar-refractivity contribution in [3.63, 3.8) is 0 Å². The number of rotatable bonds is 2. The first-order valence-electron chi connectivity index (χ1n) is 7.84. The van der Waals surface area contributed by atoms with Crippen LogP contribution in [0.15, 0.2) is 41.4 Å². The normalized spacial score (nSPS) is 24.3. The molecule has 1 aromatic heterocycles. The third-order valence-electron chi connectivity index (χ3n) is 4.62. The van der Waals surface area contributed by atoms with Gasteiger partial charge in [0.15, 0.2) is 0 Å². The Kier molecular flexibility index (Phi) is 3.66. The fraction of sp³-hybridized carbons (Fsp3) is 0.412. The van der Waals surface area contributed by atoms with Gasteiger partial charge in [-0.05, 0) is 37.0 Å². The molecule has 0 unspecified atom stereocenters. The summed E-state index contributed by atoms with van der Waals surface area (Å²) < 4.78 is 0. The van der Waals surface area contributed by atoms with E-state index in [0.29, 0.717) is 11.8 Å². The number of aromatic amines is 1. The van der Waals surface area contributed by atoms with Crippen LogP contribution >= 0.6 is 11.8 Å². The molecule has 4 rings (SSSR count). The number of amides is 1. The van der Waals surface area contributed by atoms with E-state index in [2.05, 4.69) is 33.3 Å². The number of likely N-dealkylation sites (tertiary alicyclic amines) is 1. The van der Waals surface area contributed by atoms with Crippen LogP contribution in [0.3, 0.4) is 0 Å². The number of carbonyl (C=O) groups excluding carboxylic acids is 1. The highest BCUT2D eigenvalue weighted by atomic mass is 32.2. The molecular formula is C17H19N3OS. The lowest BCUT2D eigenvalue weighted by Crippen LogP contribution is -2.43. The second-order valence-corrected chi connectivity index (χ2v) is 7.30. The van der Waals surface area contributed by atoms with E-state index in [1.54, 1.807) is 18.0 Å². The van der Waals surface area contributed by atoms with E-state index in [0.717, 1.165) is 38.0 Å². The van der Waals surface area contributed by atoms with E-state index in [-0.39, 0.29) is 5.25 Å². The van der Waals surface area contributed by atoms with Crippen LogP contribution in [0.25, 0.3) is 0 Å². The zero-order valence-electron chi connectivity index (χ0n) is 12.4. The van der Waals surface area contributed by atoms with E-state index in [1.165, 1.54) is 10.5 Å². The molecule has 2 aliphatic rings. The lowest BCUT2D eigenvalue weighted by molar-refractivity contribution is -0.131. The minimum Gasteiger partial charge on any atom is -0.341 e. The first-order chi connectivity index (χ1) is 10.8. The van der Waals surface area contributed by atoms with Gasteiger partial charge in [-0.2, -0.15) is 5.10 Å². The predicted molar refractivity (Wildman–Crippen MR) is 86.9 cm³/mol. The number of aromatic nitrogens is 2. The lowest BCUT2D eigenvalue weighted by Gasteiger charge is -2.33. The second-order valence-electron chi connectivity index (χ2n) is 6.05. The molecule has 0 spiro atoms. The van der Waals surface area contributed by atoms with Crippen LogP contribution in [0, 0.1) is 0 Å². The molecule has 2 aliphatic heterocycles. The Morgan fingerprint density at radius 3 is 3.05 bits per heavy atom. The minimum absolute atomic E-state index is 0.0536. The summed E-state index contributed by atoms with van der Waals surface area (Å²) in [5.41, 5.74) is 2.47. The summed E-state index contributed by atoms with van der Waals surface area (Å²) in [6.07, 6.45) is 4.86. The van der Waals surface area contributed by atoms with Gasteiger partial charge in [0.05, 0.1) is 5.25 Å². The first kappa shape index (κ1) is 13.9. The smallest absolute Gasteiger partial charge is 0.236 e. The molecule has 22 heavy (non-hydrogen) atoms. The Hall–Kier alpha value is -1.75. The maximum Gasteiger partial charge on any atom is 0.236 e. The van der Waals surface area contributed by atoms with Crippen LogP contribution in [-0.2, 0) is 11.2 Å². The summed E-state index contributed by atoms with van der Waals surface area (Å²) in [5, 5.41) is 7.15. The van der Waals surface area contributed by atoms with Crippen molar-refractivity contribution in [2.75, 3.05) is 13.1 Å². The quantitative estimate of drug-likeness (QED) is 0.927. The molecule has 1 fully saturated rings. The number of nitrogens with one attached hydrogen (secondary N) is 1. The van der Waals surface area contributed by atoms with E-state index < -0.39 is 0 Å². The second kappa shape index (κ2) is 5.80. The molecule has 1 aromatic carbocycles. The van der Waals surface area contributed by atoms with Crippen molar-refractivity contribution >= 4 is 17.7 Å². The molecule has 114 valence electrons. The van der Waals surface area contributed by atoms with Crippen LogP contribution in [0.5, 0.6) is 0 Å². The highest BCUT2D eigenvalue weighted by Crippen LogP contribution is 2.38. The maximum atomic E-state index is 12.9. The summed E-state index contributed by atoms with van der Waals surface area (Å²) in [7, 11) is 0. The fourth-order valence-corrected chi connectivity index (χ4v) is 4.73. The van der Waals surface area contributed by atoms with Crippen molar-refractivity contribution in [2.45, 2.75) is 35.3 Å². The number of benzene rings is 1. The molecule has 5 heteroatoms. The molecule has 3 heterocycles. The van der Waals surface area contributed by atoms with E-state index in [1.807, 2.05) is 12.1 Å². The molecule has 1 saturated heterocycles. The molecule has 4 nitrogen and oxygen atoms in total. The van der Waals surface area contributed by atoms with E-state index in [9.17, 15) is 4.79 Å². The maximum absolute atomic E-state index is 12.9. The van der Waals surface area contributed by atoms with Gasteiger partial charge in [0.2, 0.25) is 5.91 Å². The third kappa shape index (κ3) is 2.54. The van der Waals surface area contributed by atoms with Crippen LogP contribution in [0.2, 0.25) is 0 Å². The number of hydrogen-bond donors (Lipinski definition) is 1. The molecule has 0 bridgehead atoms. The lowest BCUT2D eigenvalue weighted by atomic mass is 9.94. The van der Waals surface area contributed by atoms with Gasteiger partial charge in [0.1, 0.15) is 0 Å². The van der Waals surface area contributed by atoms with Gasteiger partial charge >= 0.3 is 0 Å². The number of carbonyl (C=O) groups is 1. The van der Waals surface area contributed by atoms with Gasteiger partial charge in [-0.3, -0.25) is 9.89 Å². The van der Waals surface area contributed by atoms with E-state index >= 15 is 0 Å². The molecule has 1 amide bonds. The van der Waals surface area contributed by atoms with Crippen molar-refractivity contribution in [3.8, 4) is 0 Å². The predicted octanol–water partition coefficient (Wildman–Crippen LogP) is 2.83. The van der Waals surface area contributed by atoms with Gasteiger partial charge in [0, 0.05) is 35.8 Å². The summed E-state index contributed by atoms with van der Waals surface area (Å²) in [6, 6.07) is 10.4. The van der Waals surface area contributed by atoms with Crippen molar-refractivity contribution in [1.29, 1.82) is 0 Å². The van der Waals surface area contributed by atoms with Gasteiger partial charge in [0.25, 0.3) is 0 Å². The Morgan fingerprint density at radius 2 is 2.23 bits per heavy atom. The fourth-order valence-electron chi connectivity index (χ4n) is 3.45. The number of H-pyrrole nitrogens is 1. The van der Waals surface area contributed by atoms with Crippen LogP contribution in [0.4, 0.5) is 0 Å². The Balaban J connectivity index is 1.45. The molecule has 2 atom stereocenters. The molecule has 0 radical (unpaired) electrons. The summed E-state index contributed by atoms with van der Waals surface area (Å²) in [4.78, 5) is 16.2. The van der Waals surface area contributed by atoms with Crippen LogP contribution in [-0.4, -0.2) is 39.3 Å². The van der Waals surface area contributed by atoms with E-state index in [4.69, 9.17) is 0 Å². The standard InChI is InChI=1S/C17H19N3OS/c21-17(16-10-12-4-1-2-6-15(12)22-16)20-9-3-5-13(11-20)14-7-8-18-19-14/h1-2,4,6-8,13,16H,3,5,9-11H2,(H,18,19)/t13-,16+/m1/s1. The average molecular weight is 313 g/mol. The average Bonchev–Trinajstić information content (AvgIpc) is 3.23. The summed E-state index contributed by atoms with van der Waals surface area (Å²) in [5.74, 6) is 0.694. The van der Waals surface area contributed by atoms with Gasteiger partial charge < -0.3 is 4.90 Å². The van der Waals surface area contributed by atoms with Crippen LogP contribution in [0.1, 0.15) is 30.0 Å². The highest BCUT2D eigenvalue weighted by molar-refractivity contribution is 8.01. The molecular weight excluding hydrogens is 294 g/mol. The number of fused-ring (bicyclic) bond motifs is 1. The number of nitrogens with zero attached hydrogens (tertiary/aromatic N) is 2. The zero-order valence-corrected chi connectivity index (χ0v) is 13.2. The minimum atomic E-state index is 0.0536. The molecule has 0 aliphatic carbocycles. The number of thioether (sulfide) groups is 1. The van der Waals surface area contributed by atoms with Gasteiger partial charge in [-0.1, -0.05) is 18.2 Å².